The van der Waals surface area contributed by atoms with E-state index in [0.717, 1.165) is 30.3 Å². The average Bonchev–Trinajstić information content (AvgIpc) is 3.14. The minimum atomic E-state index is -3.30. The Morgan fingerprint density at radius 1 is 0.333 bits per heavy atom. The molecule has 18 heteroatoms. The molecule has 0 spiro atoms. The Balaban J connectivity index is 1.51. The van der Waals surface area contributed by atoms with Crippen molar-refractivity contribution in [2.75, 3.05) is 0 Å². The SMILES string of the molecule is Fc1c(F)c(F)c(OB(Oc2c(F)c(F)c(F)c3c(F)c4c(F)cccc4cc23)c2c(F)c(F)c3c(F)c(F)c4c(F)ccc5ccc2c3c54)c(F)c1F. The molecule has 8 rings (SSSR count). The molecule has 0 amide bonds. The molecule has 0 bridgehead atoms. The zero-order chi connectivity index (χ0) is 38.8. The highest BCUT2D eigenvalue weighted by atomic mass is 19.2. The van der Waals surface area contributed by atoms with Crippen LogP contribution in [-0.4, -0.2) is 7.12 Å². The van der Waals surface area contributed by atoms with E-state index >= 15 is 43.9 Å². The number of fused-ring (bicyclic) bond motifs is 2. The Hall–Kier alpha value is -6.07. The number of hydrogen-bond acceptors (Lipinski definition) is 2. The van der Waals surface area contributed by atoms with E-state index in [2.05, 4.69) is 0 Å². The van der Waals surface area contributed by atoms with E-state index in [1.54, 1.807) is 0 Å². The number of rotatable bonds is 5. The molecule has 0 fully saturated rings. The second kappa shape index (κ2) is 12.0. The van der Waals surface area contributed by atoms with Crippen LogP contribution in [0.5, 0.6) is 11.5 Å². The van der Waals surface area contributed by atoms with Gasteiger partial charge in [0.1, 0.15) is 23.2 Å². The topological polar surface area (TPSA) is 18.5 Å². The lowest BCUT2D eigenvalue weighted by Gasteiger charge is -2.23. The van der Waals surface area contributed by atoms with Gasteiger partial charge < -0.3 is 9.31 Å². The summed E-state index contributed by atoms with van der Waals surface area (Å²) in [5.74, 6) is -38.4. The molecule has 8 aromatic rings. The summed E-state index contributed by atoms with van der Waals surface area (Å²) < 4.78 is 237. The summed E-state index contributed by atoms with van der Waals surface area (Å²) >= 11 is 0. The first-order valence-corrected chi connectivity index (χ1v) is 14.9. The van der Waals surface area contributed by atoms with Gasteiger partial charge in [0.05, 0.1) is 27.0 Å². The van der Waals surface area contributed by atoms with Gasteiger partial charge in [-0.25, -0.2) is 52.7 Å². The van der Waals surface area contributed by atoms with Crippen LogP contribution < -0.4 is 14.8 Å². The number of halogens is 15. The standard InChI is InChI=1S/C36H8BF15O2/c38-13-3-1-2-10-8-12-18(22(40)15(10)13)23(41)28(46)32(50)35(12)53-37(54-36-33(51)30(48)29(47)31(49)34(36)52)21-11-6-4-9-5-7-14(39)19-16(9)17(11)20(25(43)24(19)42)26(44)27(21)45/h1-8H. The van der Waals surface area contributed by atoms with Gasteiger partial charge in [-0.3, -0.25) is 0 Å². The second-order valence-corrected chi connectivity index (χ2v) is 11.7. The van der Waals surface area contributed by atoms with Crippen molar-refractivity contribution in [2.24, 2.45) is 0 Å². The van der Waals surface area contributed by atoms with E-state index in [1.807, 2.05) is 0 Å². The van der Waals surface area contributed by atoms with E-state index in [1.165, 1.54) is 0 Å². The summed E-state index contributed by atoms with van der Waals surface area (Å²) in [6.45, 7) is 0. The van der Waals surface area contributed by atoms with Crippen molar-refractivity contribution < 1.29 is 75.2 Å². The lowest BCUT2D eigenvalue weighted by Crippen LogP contribution is -2.46. The average molecular weight is 768 g/mol. The molecule has 0 radical (unpaired) electrons. The molecule has 0 aromatic heterocycles. The van der Waals surface area contributed by atoms with Crippen LogP contribution in [0.2, 0.25) is 0 Å². The fraction of sp³-hybridized carbons (Fsp3) is 0. The van der Waals surface area contributed by atoms with E-state index in [9.17, 15) is 22.0 Å². The Morgan fingerprint density at radius 3 is 1.54 bits per heavy atom. The number of hydrogen-bond donors (Lipinski definition) is 0. The van der Waals surface area contributed by atoms with Gasteiger partial charge in [0.15, 0.2) is 40.7 Å². The van der Waals surface area contributed by atoms with Crippen LogP contribution in [0, 0.1) is 87.3 Å². The number of benzene rings is 8. The summed E-state index contributed by atoms with van der Waals surface area (Å²) in [4.78, 5) is 0. The van der Waals surface area contributed by atoms with Crippen molar-refractivity contribution in [1.82, 2.24) is 0 Å². The van der Waals surface area contributed by atoms with Gasteiger partial charge in [0, 0.05) is 16.2 Å². The maximum Gasteiger partial charge on any atom is 0.636 e. The summed E-state index contributed by atoms with van der Waals surface area (Å²) in [6, 6.07) is 6.76. The van der Waals surface area contributed by atoms with Crippen molar-refractivity contribution in [3.63, 3.8) is 0 Å². The zero-order valence-electron chi connectivity index (χ0n) is 25.7. The van der Waals surface area contributed by atoms with Crippen LogP contribution in [-0.2, 0) is 0 Å². The minimum Gasteiger partial charge on any atom is -0.519 e. The Kier molecular flexibility index (Phi) is 7.76. The minimum absolute atomic E-state index is 0.148. The van der Waals surface area contributed by atoms with Crippen LogP contribution in [0.25, 0.3) is 53.9 Å². The summed E-state index contributed by atoms with van der Waals surface area (Å²) in [5.41, 5.74) is -1.56. The molecule has 8 aromatic carbocycles. The molecular formula is C36H8BF15O2. The molecule has 0 aliphatic rings. The maximum absolute atomic E-state index is 16.3. The van der Waals surface area contributed by atoms with E-state index < -0.39 is 160 Å². The Bertz CT molecular complexity index is 2940. The van der Waals surface area contributed by atoms with Gasteiger partial charge in [-0.2, -0.15) is 13.2 Å². The third-order valence-corrected chi connectivity index (χ3v) is 8.91. The Morgan fingerprint density at radius 2 is 0.852 bits per heavy atom. The van der Waals surface area contributed by atoms with Crippen molar-refractivity contribution in [3.8, 4) is 11.5 Å². The Labute approximate surface area is 289 Å². The summed E-state index contributed by atoms with van der Waals surface area (Å²) in [5, 5.41) is -9.33. The lowest BCUT2D eigenvalue weighted by atomic mass is 9.73. The molecule has 0 unspecified atom stereocenters. The predicted octanol–water partition coefficient (Wildman–Crippen LogP) is 10.8. The molecule has 272 valence electrons. The fourth-order valence-corrected chi connectivity index (χ4v) is 6.54. The third kappa shape index (κ3) is 4.60. The first-order valence-electron chi connectivity index (χ1n) is 14.9. The van der Waals surface area contributed by atoms with Gasteiger partial charge in [-0.15, -0.1) is 0 Å². The largest absolute Gasteiger partial charge is 0.636 e. The lowest BCUT2D eigenvalue weighted by molar-refractivity contribution is 0.331. The normalized spacial score (nSPS) is 12.0. The van der Waals surface area contributed by atoms with Crippen LogP contribution >= 0.6 is 0 Å². The predicted molar refractivity (Wildman–Crippen MR) is 164 cm³/mol. The maximum atomic E-state index is 16.3. The fourth-order valence-electron chi connectivity index (χ4n) is 6.54. The van der Waals surface area contributed by atoms with Crippen molar-refractivity contribution in [3.05, 3.63) is 136 Å². The van der Waals surface area contributed by atoms with Gasteiger partial charge in [-0.1, -0.05) is 30.3 Å². The summed E-state index contributed by atoms with van der Waals surface area (Å²) in [6.07, 6.45) is 0. The zero-order valence-corrected chi connectivity index (χ0v) is 25.7. The monoisotopic (exact) mass is 768 g/mol. The van der Waals surface area contributed by atoms with Gasteiger partial charge in [0.2, 0.25) is 34.9 Å². The highest BCUT2D eigenvalue weighted by molar-refractivity contribution is 6.66. The van der Waals surface area contributed by atoms with E-state index in [0.29, 0.717) is 18.2 Å². The summed E-state index contributed by atoms with van der Waals surface area (Å²) in [7, 11) is -3.30. The van der Waals surface area contributed by atoms with Crippen LogP contribution in [0.1, 0.15) is 0 Å². The van der Waals surface area contributed by atoms with Gasteiger partial charge in [0.25, 0.3) is 0 Å². The van der Waals surface area contributed by atoms with Crippen molar-refractivity contribution >= 4 is 66.4 Å². The molecule has 0 atom stereocenters. The molecule has 0 saturated heterocycles. The van der Waals surface area contributed by atoms with Crippen LogP contribution in [0.4, 0.5) is 65.9 Å². The van der Waals surface area contributed by atoms with Gasteiger partial charge in [-0.05, 0) is 34.4 Å². The van der Waals surface area contributed by atoms with E-state index in [-0.39, 0.29) is 5.39 Å². The molecular weight excluding hydrogens is 760 g/mol. The van der Waals surface area contributed by atoms with Crippen molar-refractivity contribution in [1.29, 1.82) is 0 Å². The molecule has 54 heavy (non-hydrogen) atoms. The third-order valence-electron chi connectivity index (χ3n) is 8.91. The first-order chi connectivity index (χ1) is 25.6. The first kappa shape index (κ1) is 35.0. The van der Waals surface area contributed by atoms with Crippen LogP contribution in [0.15, 0.2) is 48.5 Å². The molecule has 0 saturated carbocycles. The molecule has 2 nitrogen and oxygen atoms in total. The molecule has 0 aliphatic heterocycles. The second-order valence-electron chi connectivity index (χ2n) is 11.7. The molecule has 0 N–H and O–H groups in total. The quantitative estimate of drug-likeness (QED) is 0.0434. The highest BCUT2D eigenvalue weighted by Gasteiger charge is 2.42. The molecule has 0 heterocycles. The van der Waals surface area contributed by atoms with E-state index in [4.69, 9.17) is 9.31 Å². The van der Waals surface area contributed by atoms with Gasteiger partial charge >= 0.3 is 7.12 Å². The molecule has 0 aliphatic carbocycles. The van der Waals surface area contributed by atoms with Crippen LogP contribution in [0.3, 0.4) is 0 Å². The smallest absolute Gasteiger partial charge is 0.519 e. The highest BCUT2D eigenvalue weighted by Crippen LogP contribution is 2.43. The van der Waals surface area contributed by atoms with Crippen molar-refractivity contribution in [2.45, 2.75) is 0 Å².